The molecule has 0 spiro atoms. The normalized spacial score (nSPS) is 38.4. The van der Waals surface area contributed by atoms with E-state index in [1.165, 1.54) is 44.1 Å². The van der Waals surface area contributed by atoms with E-state index in [1.54, 1.807) is 5.56 Å². The number of aromatic nitrogens is 1. The largest absolute Gasteiger partial charge is 0.330 e. The maximum Gasteiger partial charge on any atom is 0.0308 e. The number of rotatable bonds is 4. The molecule has 2 nitrogen and oxygen atoms in total. The zero-order chi connectivity index (χ0) is 13.6. The summed E-state index contributed by atoms with van der Waals surface area (Å²) in [7, 11) is 0. The SMILES string of the molecule is NCCCc1ccncc1C12CC3CC(CC(C3)C1)C2. The van der Waals surface area contributed by atoms with Gasteiger partial charge in [-0.05, 0) is 98.3 Å². The lowest BCUT2D eigenvalue weighted by Gasteiger charge is -2.57. The second-order valence-corrected chi connectivity index (χ2v) is 7.62. The molecule has 0 atom stereocenters. The van der Waals surface area contributed by atoms with Crippen molar-refractivity contribution >= 4 is 0 Å². The van der Waals surface area contributed by atoms with Gasteiger partial charge in [-0.3, -0.25) is 4.98 Å². The van der Waals surface area contributed by atoms with Crippen molar-refractivity contribution in [1.29, 1.82) is 0 Å². The number of nitrogens with zero attached hydrogens (tertiary/aromatic N) is 1. The minimum Gasteiger partial charge on any atom is -0.330 e. The van der Waals surface area contributed by atoms with E-state index < -0.39 is 0 Å². The Morgan fingerprint density at radius 2 is 1.75 bits per heavy atom. The maximum atomic E-state index is 5.72. The van der Waals surface area contributed by atoms with Crippen LogP contribution in [-0.4, -0.2) is 11.5 Å². The highest BCUT2D eigenvalue weighted by Gasteiger charge is 2.52. The summed E-state index contributed by atoms with van der Waals surface area (Å²) in [5, 5.41) is 0. The summed E-state index contributed by atoms with van der Waals surface area (Å²) in [5.41, 5.74) is 9.32. The molecular weight excluding hydrogens is 244 g/mol. The standard InChI is InChI=1S/C18H26N2/c19-4-1-2-16-3-5-20-12-17(16)18-9-13-6-14(10-18)8-15(7-13)11-18/h3,5,12-15H,1-2,4,6-11,19H2. The molecule has 0 aromatic carbocycles. The lowest BCUT2D eigenvalue weighted by Crippen LogP contribution is -2.49. The molecule has 4 fully saturated rings. The van der Waals surface area contributed by atoms with Crippen LogP contribution in [-0.2, 0) is 11.8 Å². The Hall–Kier alpha value is -0.890. The average molecular weight is 270 g/mol. The summed E-state index contributed by atoms with van der Waals surface area (Å²) in [6, 6.07) is 2.25. The van der Waals surface area contributed by atoms with Gasteiger partial charge in [-0.25, -0.2) is 0 Å². The number of hydrogen-bond acceptors (Lipinski definition) is 2. The van der Waals surface area contributed by atoms with Crippen molar-refractivity contribution in [3.05, 3.63) is 29.6 Å². The molecule has 4 aliphatic rings. The highest BCUT2D eigenvalue weighted by molar-refractivity contribution is 5.34. The first-order valence-corrected chi connectivity index (χ1v) is 8.42. The van der Waals surface area contributed by atoms with E-state index in [1.807, 2.05) is 6.20 Å². The molecule has 5 rings (SSSR count). The van der Waals surface area contributed by atoms with Crippen molar-refractivity contribution in [2.75, 3.05) is 6.54 Å². The first-order chi connectivity index (χ1) is 9.79. The third-order valence-corrected chi connectivity index (χ3v) is 6.17. The molecule has 2 heteroatoms. The van der Waals surface area contributed by atoms with Gasteiger partial charge in [0.2, 0.25) is 0 Å². The average Bonchev–Trinajstić information content (AvgIpc) is 2.44. The smallest absolute Gasteiger partial charge is 0.0308 e. The molecule has 20 heavy (non-hydrogen) atoms. The Kier molecular flexibility index (Phi) is 3.10. The lowest BCUT2D eigenvalue weighted by atomic mass is 9.48. The van der Waals surface area contributed by atoms with Crippen molar-refractivity contribution in [3.63, 3.8) is 0 Å². The molecule has 4 aliphatic carbocycles. The van der Waals surface area contributed by atoms with Crippen LogP contribution in [0.1, 0.15) is 56.1 Å². The molecule has 0 amide bonds. The van der Waals surface area contributed by atoms with E-state index in [0.717, 1.165) is 37.1 Å². The van der Waals surface area contributed by atoms with E-state index in [2.05, 4.69) is 17.2 Å². The van der Waals surface area contributed by atoms with Crippen LogP contribution in [0.25, 0.3) is 0 Å². The van der Waals surface area contributed by atoms with Crippen LogP contribution in [0.15, 0.2) is 18.5 Å². The molecule has 4 bridgehead atoms. The van der Waals surface area contributed by atoms with Crippen LogP contribution in [0.3, 0.4) is 0 Å². The van der Waals surface area contributed by atoms with Crippen molar-refractivity contribution in [1.82, 2.24) is 4.98 Å². The van der Waals surface area contributed by atoms with Crippen LogP contribution in [0.2, 0.25) is 0 Å². The van der Waals surface area contributed by atoms with Crippen molar-refractivity contribution in [2.45, 2.75) is 56.8 Å². The molecular formula is C18H26N2. The summed E-state index contributed by atoms with van der Waals surface area (Å²) >= 11 is 0. The van der Waals surface area contributed by atoms with Gasteiger partial charge in [0.25, 0.3) is 0 Å². The van der Waals surface area contributed by atoms with Gasteiger partial charge in [0, 0.05) is 12.4 Å². The molecule has 4 saturated carbocycles. The second-order valence-electron chi connectivity index (χ2n) is 7.62. The van der Waals surface area contributed by atoms with Gasteiger partial charge in [0.15, 0.2) is 0 Å². The molecule has 0 unspecified atom stereocenters. The molecule has 0 aliphatic heterocycles. The van der Waals surface area contributed by atoms with E-state index in [9.17, 15) is 0 Å². The third-order valence-electron chi connectivity index (χ3n) is 6.17. The Labute approximate surface area is 122 Å². The predicted octanol–water partition coefficient (Wildman–Crippen LogP) is 3.44. The van der Waals surface area contributed by atoms with Crippen LogP contribution in [0.5, 0.6) is 0 Å². The number of hydrogen-bond donors (Lipinski definition) is 1. The molecule has 1 heterocycles. The highest BCUT2D eigenvalue weighted by atomic mass is 14.6. The summed E-state index contributed by atoms with van der Waals surface area (Å²) < 4.78 is 0. The van der Waals surface area contributed by atoms with Crippen molar-refractivity contribution < 1.29 is 0 Å². The zero-order valence-electron chi connectivity index (χ0n) is 12.4. The van der Waals surface area contributed by atoms with E-state index in [-0.39, 0.29) is 0 Å². The fraction of sp³-hybridized carbons (Fsp3) is 0.722. The first-order valence-electron chi connectivity index (χ1n) is 8.42. The quantitative estimate of drug-likeness (QED) is 0.910. The van der Waals surface area contributed by atoms with Crippen LogP contribution in [0.4, 0.5) is 0 Å². The van der Waals surface area contributed by atoms with Gasteiger partial charge < -0.3 is 5.73 Å². The van der Waals surface area contributed by atoms with Gasteiger partial charge in [-0.15, -0.1) is 0 Å². The third kappa shape index (κ3) is 2.00. The lowest BCUT2D eigenvalue weighted by molar-refractivity contribution is -0.00573. The minimum atomic E-state index is 0.479. The Morgan fingerprint density at radius 1 is 1.10 bits per heavy atom. The number of aryl methyl sites for hydroxylation is 1. The molecule has 2 N–H and O–H groups in total. The minimum absolute atomic E-state index is 0.479. The molecule has 0 saturated heterocycles. The van der Waals surface area contributed by atoms with Crippen LogP contribution < -0.4 is 5.73 Å². The van der Waals surface area contributed by atoms with E-state index in [4.69, 9.17) is 5.73 Å². The summed E-state index contributed by atoms with van der Waals surface area (Å²) in [5.74, 6) is 3.01. The Balaban J connectivity index is 1.70. The molecule has 1 aromatic heterocycles. The summed E-state index contributed by atoms with van der Waals surface area (Å²) in [6.45, 7) is 0.794. The fourth-order valence-electron chi connectivity index (χ4n) is 5.85. The van der Waals surface area contributed by atoms with Crippen LogP contribution in [0, 0.1) is 17.8 Å². The Bertz CT molecular complexity index is 459. The maximum absolute atomic E-state index is 5.72. The van der Waals surface area contributed by atoms with Gasteiger partial charge >= 0.3 is 0 Å². The zero-order valence-corrected chi connectivity index (χ0v) is 12.4. The topological polar surface area (TPSA) is 38.9 Å². The molecule has 108 valence electrons. The van der Waals surface area contributed by atoms with Gasteiger partial charge in [-0.2, -0.15) is 0 Å². The van der Waals surface area contributed by atoms with Gasteiger partial charge in [-0.1, -0.05) is 0 Å². The first kappa shape index (κ1) is 12.8. The monoisotopic (exact) mass is 270 g/mol. The molecule has 0 radical (unpaired) electrons. The second kappa shape index (κ2) is 4.84. The van der Waals surface area contributed by atoms with Crippen LogP contribution >= 0.6 is 0 Å². The van der Waals surface area contributed by atoms with Gasteiger partial charge in [0.05, 0.1) is 0 Å². The van der Waals surface area contributed by atoms with Crippen molar-refractivity contribution in [3.8, 4) is 0 Å². The number of nitrogens with two attached hydrogens (primary N) is 1. The number of pyridine rings is 1. The fourth-order valence-corrected chi connectivity index (χ4v) is 5.85. The van der Waals surface area contributed by atoms with Crippen molar-refractivity contribution in [2.24, 2.45) is 23.5 Å². The predicted molar refractivity (Wildman–Crippen MR) is 81.5 cm³/mol. The summed E-state index contributed by atoms with van der Waals surface area (Å²) in [6.07, 6.45) is 15.2. The highest BCUT2D eigenvalue weighted by Crippen LogP contribution is 2.61. The summed E-state index contributed by atoms with van der Waals surface area (Å²) in [4.78, 5) is 4.48. The van der Waals surface area contributed by atoms with E-state index in [0.29, 0.717) is 5.41 Å². The Morgan fingerprint density at radius 3 is 2.35 bits per heavy atom. The van der Waals surface area contributed by atoms with E-state index >= 15 is 0 Å². The van der Waals surface area contributed by atoms with Gasteiger partial charge in [0.1, 0.15) is 0 Å². The molecule has 1 aromatic rings.